The van der Waals surface area contributed by atoms with Crippen molar-refractivity contribution in [3.8, 4) is 0 Å². The molecule has 1 aliphatic carbocycles. The number of carbonyl (C=O) groups excluding carboxylic acids is 2. The van der Waals surface area contributed by atoms with Gasteiger partial charge in [-0.15, -0.1) is 0 Å². The number of rotatable bonds is 2. The lowest BCUT2D eigenvalue weighted by Gasteiger charge is -2.34. The van der Waals surface area contributed by atoms with Gasteiger partial charge in [0.15, 0.2) is 0 Å². The van der Waals surface area contributed by atoms with E-state index in [9.17, 15) is 9.59 Å². The Labute approximate surface area is 145 Å². The fourth-order valence-corrected chi connectivity index (χ4v) is 4.07. The molecule has 2 aromatic rings. The summed E-state index contributed by atoms with van der Waals surface area (Å²) in [6.45, 7) is 0.716. The first-order valence-electron chi connectivity index (χ1n) is 8.37. The van der Waals surface area contributed by atoms with E-state index in [0.717, 1.165) is 30.5 Å². The van der Waals surface area contributed by atoms with Gasteiger partial charge < -0.3 is 4.90 Å². The zero-order valence-corrected chi connectivity index (χ0v) is 13.7. The third kappa shape index (κ3) is 2.78. The Morgan fingerprint density at radius 3 is 2.72 bits per heavy atom. The molecule has 1 spiro atoms. The molecule has 1 aliphatic heterocycles. The van der Waals surface area contributed by atoms with Crippen molar-refractivity contribution in [2.75, 3.05) is 11.4 Å². The van der Waals surface area contributed by atoms with Crippen molar-refractivity contribution in [2.24, 2.45) is 5.41 Å². The van der Waals surface area contributed by atoms with Crippen LogP contribution in [0.1, 0.15) is 34.3 Å². The quantitative estimate of drug-likeness (QED) is 0.649. The van der Waals surface area contributed by atoms with Gasteiger partial charge in [-0.25, -0.2) is 5.48 Å². The summed E-state index contributed by atoms with van der Waals surface area (Å²) in [5.41, 5.74) is 5.29. The first kappa shape index (κ1) is 15.8. The molecule has 2 heterocycles. The molecule has 0 bridgehead atoms. The van der Waals surface area contributed by atoms with Crippen LogP contribution in [0.4, 0.5) is 5.69 Å². The molecule has 1 fully saturated rings. The van der Waals surface area contributed by atoms with Crippen LogP contribution in [0.2, 0.25) is 0 Å². The van der Waals surface area contributed by atoms with E-state index in [1.165, 1.54) is 5.56 Å². The first-order valence-corrected chi connectivity index (χ1v) is 8.37. The van der Waals surface area contributed by atoms with Crippen molar-refractivity contribution in [2.45, 2.75) is 25.7 Å². The molecule has 1 unspecified atom stereocenters. The topological polar surface area (TPSA) is 82.5 Å². The summed E-state index contributed by atoms with van der Waals surface area (Å²) in [4.78, 5) is 30.0. The summed E-state index contributed by atoms with van der Waals surface area (Å²) in [7, 11) is 0. The molecule has 4 rings (SSSR count). The number of hydrogen-bond acceptors (Lipinski definition) is 4. The molecular weight excluding hydrogens is 318 g/mol. The van der Waals surface area contributed by atoms with Gasteiger partial charge in [0.2, 0.25) is 5.91 Å². The Hall–Kier alpha value is -2.73. The molecule has 2 amide bonds. The Bertz CT molecular complexity index is 837. The van der Waals surface area contributed by atoms with E-state index in [0.29, 0.717) is 18.5 Å². The molecule has 1 aromatic carbocycles. The molecule has 25 heavy (non-hydrogen) atoms. The van der Waals surface area contributed by atoms with Crippen molar-refractivity contribution in [3.05, 3.63) is 59.4 Å². The number of benzene rings is 1. The van der Waals surface area contributed by atoms with Crippen molar-refractivity contribution < 1.29 is 14.8 Å². The minimum atomic E-state index is -0.497. The summed E-state index contributed by atoms with van der Waals surface area (Å²) in [5.74, 6) is -0.339. The van der Waals surface area contributed by atoms with Crippen LogP contribution in [0.5, 0.6) is 0 Å². The summed E-state index contributed by atoms with van der Waals surface area (Å²) < 4.78 is 0. The number of pyridine rings is 1. The standard InChI is InChI=1S/C19H19N3O3/c23-17-11-19(12-22(17)16-4-7-20-8-5-16)6-3-13-9-14(18(24)21-25)1-2-15(13)10-19/h1-2,4-5,7-9,25H,3,6,10-12H2,(H,21,24). The molecule has 6 nitrogen and oxygen atoms in total. The molecule has 1 aromatic heterocycles. The van der Waals surface area contributed by atoms with Crippen LogP contribution in [0.3, 0.4) is 0 Å². The largest absolute Gasteiger partial charge is 0.312 e. The number of hydroxylamine groups is 1. The van der Waals surface area contributed by atoms with Crippen LogP contribution in [-0.2, 0) is 17.6 Å². The van der Waals surface area contributed by atoms with Crippen molar-refractivity contribution in [1.82, 2.24) is 10.5 Å². The van der Waals surface area contributed by atoms with Gasteiger partial charge in [0.25, 0.3) is 5.91 Å². The molecule has 2 N–H and O–H groups in total. The van der Waals surface area contributed by atoms with Crippen molar-refractivity contribution in [1.29, 1.82) is 0 Å². The van der Waals surface area contributed by atoms with Crippen LogP contribution < -0.4 is 10.4 Å². The van der Waals surface area contributed by atoms with Crippen LogP contribution in [-0.4, -0.2) is 28.6 Å². The van der Waals surface area contributed by atoms with E-state index in [1.54, 1.807) is 23.9 Å². The number of nitrogens with zero attached hydrogens (tertiary/aromatic N) is 2. The maximum Gasteiger partial charge on any atom is 0.274 e. The predicted octanol–water partition coefficient (Wildman–Crippen LogP) is 2.11. The molecule has 128 valence electrons. The first-order chi connectivity index (χ1) is 12.1. The average molecular weight is 337 g/mol. The highest BCUT2D eigenvalue weighted by Crippen LogP contribution is 2.44. The van der Waals surface area contributed by atoms with E-state index < -0.39 is 5.91 Å². The minimum absolute atomic E-state index is 0.0475. The third-order valence-corrected chi connectivity index (χ3v) is 5.36. The van der Waals surface area contributed by atoms with E-state index in [1.807, 2.05) is 29.2 Å². The van der Waals surface area contributed by atoms with Crippen LogP contribution in [0.15, 0.2) is 42.7 Å². The van der Waals surface area contributed by atoms with E-state index >= 15 is 0 Å². The number of aromatic nitrogens is 1. The monoisotopic (exact) mass is 337 g/mol. The van der Waals surface area contributed by atoms with Gasteiger partial charge in [0, 0.05) is 42.0 Å². The lowest BCUT2D eigenvalue weighted by Crippen LogP contribution is -2.33. The molecule has 6 heteroatoms. The molecular formula is C19H19N3O3. The number of hydrogen-bond donors (Lipinski definition) is 2. The van der Waals surface area contributed by atoms with Crippen molar-refractivity contribution >= 4 is 17.5 Å². The highest BCUT2D eigenvalue weighted by atomic mass is 16.5. The number of anilines is 1. The van der Waals surface area contributed by atoms with Crippen molar-refractivity contribution in [3.63, 3.8) is 0 Å². The Morgan fingerprint density at radius 1 is 1.16 bits per heavy atom. The van der Waals surface area contributed by atoms with Crippen LogP contribution in [0, 0.1) is 5.41 Å². The minimum Gasteiger partial charge on any atom is -0.312 e. The predicted molar refractivity (Wildman–Crippen MR) is 91.4 cm³/mol. The number of carbonyl (C=O) groups is 2. The summed E-state index contributed by atoms with van der Waals surface area (Å²) >= 11 is 0. The average Bonchev–Trinajstić information content (AvgIpc) is 2.97. The molecule has 1 atom stereocenters. The number of nitrogens with one attached hydrogen (secondary N) is 1. The fraction of sp³-hybridized carbons (Fsp3) is 0.316. The second-order valence-corrected chi connectivity index (χ2v) is 6.96. The number of aryl methyl sites for hydroxylation is 1. The van der Waals surface area contributed by atoms with Crippen LogP contribution in [0.25, 0.3) is 0 Å². The summed E-state index contributed by atoms with van der Waals surface area (Å²) in [6, 6.07) is 9.24. The van der Waals surface area contributed by atoms with Gasteiger partial charge >= 0.3 is 0 Å². The van der Waals surface area contributed by atoms with Gasteiger partial charge in [0.05, 0.1) is 0 Å². The van der Waals surface area contributed by atoms with E-state index in [4.69, 9.17) is 5.21 Å². The van der Waals surface area contributed by atoms with Gasteiger partial charge in [0.1, 0.15) is 0 Å². The zero-order valence-electron chi connectivity index (χ0n) is 13.7. The highest BCUT2D eigenvalue weighted by Gasteiger charge is 2.45. The number of amides is 2. The van der Waals surface area contributed by atoms with Gasteiger partial charge in [-0.3, -0.25) is 19.8 Å². The van der Waals surface area contributed by atoms with Crippen LogP contribution >= 0.6 is 0 Å². The van der Waals surface area contributed by atoms with Gasteiger partial charge in [-0.1, -0.05) is 6.07 Å². The Balaban J connectivity index is 1.58. The Kier molecular flexibility index (Phi) is 3.77. The SMILES string of the molecule is O=C(NO)c1ccc2c(c1)CCC1(CC(=O)N(c3ccncc3)C1)C2. The second kappa shape index (κ2) is 5.97. The zero-order chi connectivity index (χ0) is 17.4. The van der Waals surface area contributed by atoms with E-state index in [-0.39, 0.29) is 11.3 Å². The summed E-state index contributed by atoms with van der Waals surface area (Å²) in [5, 5.41) is 8.78. The Morgan fingerprint density at radius 2 is 1.96 bits per heavy atom. The fourth-order valence-electron chi connectivity index (χ4n) is 4.07. The molecule has 1 saturated heterocycles. The van der Waals surface area contributed by atoms with Gasteiger partial charge in [-0.05, 0) is 54.7 Å². The lowest BCUT2D eigenvalue weighted by molar-refractivity contribution is -0.117. The molecule has 2 aliphatic rings. The van der Waals surface area contributed by atoms with Gasteiger partial charge in [-0.2, -0.15) is 0 Å². The summed E-state index contributed by atoms with van der Waals surface area (Å²) in [6.07, 6.45) is 6.54. The smallest absolute Gasteiger partial charge is 0.274 e. The lowest BCUT2D eigenvalue weighted by atomic mass is 9.70. The molecule has 0 radical (unpaired) electrons. The third-order valence-electron chi connectivity index (χ3n) is 5.36. The second-order valence-electron chi connectivity index (χ2n) is 6.96. The maximum atomic E-state index is 12.6. The number of fused-ring (bicyclic) bond motifs is 1. The maximum absolute atomic E-state index is 12.6. The normalized spacial score (nSPS) is 22.1. The molecule has 0 saturated carbocycles. The van der Waals surface area contributed by atoms with E-state index in [2.05, 4.69) is 4.98 Å². The highest BCUT2D eigenvalue weighted by molar-refractivity contribution is 5.96.